The molecule has 1 fully saturated rings. The van der Waals surface area contributed by atoms with Crippen molar-refractivity contribution in [2.24, 2.45) is 7.05 Å². The highest BCUT2D eigenvalue weighted by Gasteiger charge is 2.25. The highest BCUT2D eigenvalue weighted by atomic mass is 79.9. The highest BCUT2D eigenvalue weighted by molar-refractivity contribution is 9.10. The Morgan fingerprint density at radius 2 is 2.24 bits per heavy atom. The second-order valence-corrected chi connectivity index (χ2v) is 6.04. The zero-order chi connectivity index (χ0) is 15.0. The Labute approximate surface area is 131 Å². The van der Waals surface area contributed by atoms with E-state index in [1.165, 1.54) is 6.07 Å². The van der Waals surface area contributed by atoms with E-state index >= 15 is 0 Å². The number of halogens is 2. The van der Waals surface area contributed by atoms with Gasteiger partial charge in [-0.1, -0.05) is 0 Å². The number of hydrogen-bond donors (Lipinski definition) is 0. The number of benzene rings is 1. The predicted octanol–water partition coefficient (Wildman–Crippen LogP) is 3.21. The summed E-state index contributed by atoms with van der Waals surface area (Å²) in [4.78, 5) is 6.44. The molecule has 0 bridgehead atoms. The van der Waals surface area contributed by atoms with Crippen molar-refractivity contribution in [3.8, 4) is 11.4 Å². The minimum atomic E-state index is -0.272. The van der Waals surface area contributed by atoms with Crippen LogP contribution in [0.1, 0.15) is 6.42 Å². The molecule has 1 atom stereocenters. The number of aromatic nitrogens is 2. The quantitative estimate of drug-likeness (QED) is 0.848. The number of aryl methyl sites for hydroxylation is 1. The monoisotopic (exact) mass is 353 g/mol. The van der Waals surface area contributed by atoms with Gasteiger partial charge in [-0.05, 0) is 34.5 Å². The molecule has 2 heterocycles. The van der Waals surface area contributed by atoms with Gasteiger partial charge in [0.2, 0.25) is 0 Å². The van der Waals surface area contributed by atoms with Crippen LogP contribution < -0.4 is 4.90 Å². The Kier molecular flexibility index (Phi) is 3.99. The Hall–Kier alpha value is -1.40. The van der Waals surface area contributed by atoms with E-state index in [-0.39, 0.29) is 11.9 Å². The van der Waals surface area contributed by atoms with Crippen LogP contribution >= 0.6 is 15.9 Å². The summed E-state index contributed by atoms with van der Waals surface area (Å²) in [6.45, 7) is 1.64. The number of rotatable bonds is 3. The molecule has 1 aromatic heterocycles. The van der Waals surface area contributed by atoms with E-state index in [0.29, 0.717) is 4.47 Å². The van der Waals surface area contributed by atoms with E-state index in [0.717, 1.165) is 36.6 Å². The largest absolute Gasteiger partial charge is 0.380 e. The number of anilines is 1. The lowest BCUT2D eigenvalue weighted by Gasteiger charge is -2.21. The van der Waals surface area contributed by atoms with E-state index in [1.807, 2.05) is 23.9 Å². The van der Waals surface area contributed by atoms with Crippen molar-refractivity contribution < 1.29 is 9.13 Å². The molecule has 0 radical (unpaired) electrons. The third kappa shape index (κ3) is 2.70. The Balaban J connectivity index is 2.01. The van der Waals surface area contributed by atoms with E-state index in [1.54, 1.807) is 13.3 Å². The Bertz CT molecular complexity index is 658. The summed E-state index contributed by atoms with van der Waals surface area (Å²) < 4.78 is 22.0. The van der Waals surface area contributed by atoms with Gasteiger partial charge in [-0.3, -0.25) is 0 Å². The molecule has 0 spiro atoms. The average Bonchev–Trinajstić information content (AvgIpc) is 3.10. The van der Waals surface area contributed by atoms with Gasteiger partial charge < -0.3 is 14.2 Å². The minimum absolute atomic E-state index is 0.205. The van der Waals surface area contributed by atoms with Gasteiger partial charge in [0.25, 0.3) is 0 Å². The standard InChI is InChI=1S/C15H17BrFN3O/c1-19-6-4-18-15(19)10-7-12(17)14(16)13(8-10)20-5-3-11(9-20)21-2/h4,6-8,11H,3,5,9H2,1-2H3. The van der Waals surface area contributed by atoms with E-state index in [2.05, 4.69) is 25.8 Å². The molecule has 1 aliphatic heterocycles. The fraction of sp³-hybridized carbons (Fsp3) is 0.400. The third-order valence-electron chi connectivity index (χ3n) is 3.91. The lowest BCUT2D eigenvalue weighted by atomic mass is 10.1. The zero-order valence-corrected chi connectivity index (χ0v) is 13.6. The Morgan fingerprint density at radius 1 is 1.43 bits per heavy atom. The first-order valence-electron chi connectivity index (χ1n) is 6.84. The molecular formula is C15H17BrFN3O. The molecule has 3 rings (SSSR count). The van der Waals surface area contributed by atoms with Gasteiger partial charge >= 0.3 is 0 Å². The van der Waals surface area contributed by atoms with Gasteiger partial charge in [-0.15, -0.1) is 0 Å². The summed E-state index contributed by atoms with van der Waals surface area (Å²) >= 11 is 3.36. The molecule has 1 aromatic carbocycles. The molecule has 0 aliphatic carbocycles. The first-order chi connectivity index (χ1) is 10.1. The van der Waals surface area contributed by atoms with E-state index in [9.17, 15) is 4.39 Å². The van der Waals surface area contributed by atoms with Gasteiger partial charge in [0, 0.05) is 45.2 Å². The summed E-state index contributed by atoms with van der Waals surface area (Å²) in [6, 6.07) is 3.49. The van der Waals surface area contributed by atoms with Crippen molar-refractivity contribution >= 4 is 21.6 Å². The molecule has 0 amide bonds. The van der Waals surface area contributed by atoms with E-state index < -0.39 is 0 Å². The van der Waals surface area contributed by atoms with Crippen molar-refractivity contribution in [3.63, 3.8) is 0 Å². The molecule has 2 aromatic rings. The normalized spacial score (nSPS) is 18.5. The predicted molar refractivity (Wildman–Crippen MR) is 83.9 cm³/mol. The van der Waals surface area contributed by atoms with Gasteiger partial charge in [0.15, 0.2) is 0 Å². The van der Waals surface area contributed by atoms with Crippen molar-refractivity contribution in [1.82, 2.24) is 9.55 Å². The van der Waals surface area contributed by atoms with Gasteiger partial charge in [0.1, 0.15) is 11.6 Å². The number of nitrogens with zero attached hydrogens (tertiary/aromatic N) is 3. The molecule has 1 aliphatic rings. The van der Waals surface area contributed by atoms with Crippen LogP contribution in [-0.4, -0.2) is 35.9 Å². The topological polar surface area (TPSA) is 30.3 Å². The van der Waals surface area contributed by atoms with Crippen molar-refractivity contribution in [2.45, 2.75) is 12.5 Å². The molecule has 6 heteroatoms. The maximum Gasteiger partial charge on any atom is 0.140 e. The molecule has 0 saturated carbocycles. The molecule has 21 heavy (non-hydrogen) atoms. The number of ether oxygens (including phenoxy) is 1. The van der Waals surface area contributed by atoms with Crippen LogP contribution in [0.4, 0.5) is 10.1 Å². The fourth-order valence-electron chi connectivity index (χ4n) is 2.72. The molecule has 112 valence electrons. The smallest absolute Gasteiger partial charge is 0.140 e. The van der Waals surface area contributed by atoms with Crippen LogP contribution in [0.2, 0.25) is 0 Å². The zero-order valence-electron chi connectivity index (χ0n) is 12.0. The number of imidazole rings is 1. The average molecular weight is 354 g/mol. The lowest BCUT2D eigenvalue weighted by Crippen LogP contribution is -2.22. The summed E-state index contributed by atoms with van der Waals surface area (Å²) in [6.07, 6.45) is 4.73. The first kappa shape index (κ1) is 14.5. The number of hydrogen-bond acceptors (Lipinski definition) is 3. The summed E-state index contributed by atoms with van der Waals surface area (Å²) in [5.74, 6) is 0.483. The van der Waals surface area contributed by atoms with Crippen LogP contribution in [0.25, 0.3) is 11.4 Å². The van der Waals surface area contributed by atoms with Crippen LogP contribution in [-0.2, 0) is 11.8 Å². The van der Waals surface area contributed by atoms with Crippen LogP contribution in [0.15, 0.2) is 29.0 Å². The van der Waals surface area contributed by atoms with Gasteiger partial charge in [0.05, 0.1) is 16.3 Å². The lowest BCUT2D eigenvalue weighted by molar-refractivity contribution is 0.121. The number of methoxy groups -OCH3 is 1. The van der Waals surface area contributed by atoms with Crippen LogP contribution in [0, 0.1) is 5.82 Å². The van der Waals surface area contributed by atoms with Crippen LogP contribution in [0.3, 0.4) is 0 Å². The van der Waals surface area contributed by atoms with Crippen LogP contribution in [0.5, 0.6) is 0 Å². The summed E-state index contributed by atoms with van der Waals surface area (Å²) in [5, 5.41) is 0. The summed E-state index contributed by atoms with van der Waals surface area (Å²) in [7, 11) is 3.62. The molecule has 0 N–H and O–H groups in total. The first-order valence-corrected chi connectivity index (χ1v) is 7.64. The second-order valence-electron chi connectivity index (χ2n) is 5.25. The molecular weight excluding hydrogens is 337 g/mol. The SMILES string of the molecule is COC1CCN(c2cc(-c3nccn3C)cc(F)c2Br)C1. The second kappa shape index (κ2) is 5.77. The fourth-order valence-corrected chi connectivity index (χ4v) is 3.20. The van der Waals surface area contributed by atoms with E-state index in [4.69, 9.17) is 4.74 Å². The van der Waals surface area contributed by atoms with Crippen molar-refractivity contribution in [1.29, 1.82) is 0 Å². The third-order valence-corrected chi connectivity index (χ3v) is 4.69. The summed E-state index contributed by atoms with van der Waals surface area (Å²) in [5.41, 5.74) is 1.63. The molecule has 1 saturated heterocycles. The van der Waals surface area contributed by atoms with Gasteiger partial charge in [-0.25, -0.2) is 9.37 Å². The Morgan fingerprint density at radius 3 is 2.86 bits per heavy atom. The molecule has 4 nitrogen and oxygen atoms in total. The van der Waals surface area contributed by atoms with Crippen molar-refractivity contribution in [3.05, 3.63) is 34.8 Å². The minimum Gasteiger partial charge on any atom is -0.380 e. The van der Waals surface area contributed by atoms with Crippen molar-refractivity contribution in [2.75, 3.05) is 25.1 Å². The maximum atomic E-state index is 14.3. The maximum absolute atomic E-state index is 14.3. The molecule has 1 unspecified atom stereocenters. The highest BCUT2D eigenvalue weighted by Crippen LogP contribution is 2.35. The van der Waals surface area contributed by atoms with Gasteiger partial charge in [-0.2, -0.15) is 0 Å².